The maximum atomic E-state index is 6.04. The average Bonchev–Trinajstić information content (AvgIpc) is 2.49. The molecule has 2 rings (SSSR count). The molecule has 2 unspecified atom stereocenters. The van der Waals surface area contributed by atoms with Crippen LogP contribution in [0.4, 0.5) is 0 Å². The Hall–Kier alpha value is -0.900. The summed E-state index contributed by atoms with van der Waals surface area (Å²) in [4.78, 5) is 2.53. The van der Waals surface area contributed by atoms with Gasteiger partial charge < -0.3 is 10.5 Å². The van der Waals surface area contributed by atoms with Gasteiger partial charge in [0.15, 0.2) is 0 Å². The van der Waals surface area contributed by atoms with Crippen molar-refractivity contribution in [3.8, 4) is 0 Å². The van der Waals surface area contributed by atoms with Crippen LogP contribution in [0.15, 0.2) is 30.3 Å². The van der Waals surface area contributed by atoms with Gasteiger partial charge in [-0.15, -0.1) is 0 Å². The molecule has 106 valence electrons. The van der Waals surface area contributed by atoms with Crippen LogP contribution in [0, 0.1) is 0 Å². The van der Waals surface area contributed by atoms with Crippen LogP contribution in [0.5, 0.6) is 0 Å². The summed E-state index contributed by atoms with van der Waals surface area (Å²) in [5.74, 6) is 0.477. The van der Waals surface area contributed by atoms with Crippen LogP contribution < -0.4 is 5.73 Å². The van der Waals surface area contributed by atoms with Gasteiger partial charge in [-0.3, -0.25) is 4.90 Å². The summed E-state index contributed by atoms with van der Waals surface area (Å²) in [5, 5.41) is 0. The number of piperidine rings is 1. The Morgan fingerprint density at radius 1 is 1.26 bits per heavy atom. The summed E-state index contributed by atoms with van der Waals surface area (Å²) in [6.45, 7) is 5.19. The highest BCUT2D eigenvalue weighted by Gasteiger charge is 2.28. The van der Waals surface area contributed by atoms with E-state index in [2.05, 4.69) is 42.2 Å². The zero-order valence-corrected chi connectivity index (χ0v) is 12.1. The van der Waals surface area contributed by atoms with E-state index in [1.807, 2.05) is 7.11 Å². The van der Waals surface area contributed by atoms with Gasteiger partial charge in [0.2, 0.25) is 0 Å². The number of nitrogens with two attached hydrogens (primary N) is 1. The number of hydrogen-bond acceptors (Lipinski definition) is 3. The van der Waals surface area contributed by atoms with E-state index in [1.165, 1.54) is 5.56 Å². The quantitative estimate of drug-likeness (QED) is 0.884. The molecule has 1 aliphatic heterocycles. The average molecular weight is 262 g/mol. The second kappa shape index (κ2) is 7.04. The summed E-state index contributed by atoms with van der Waals surface area (Å²) in [5.41, 5.74) is 7.42. The first-order valence-electron chi connectivity index (χ1n) is 7.28. The minimum absolute atomic E-state index is 0.431. The molecule has 1 saturated heterocycles. The number of rotatable bonds is 5. The van der Waals surface area contributed by atoms with Gasteiger partial charge in [0.25, 0.3) is 0 Å². The molecule has 0 radical (unpaired) electrons. The molecule has 2 atom stereocenters. The molecule has 0 bridgehead atoms. The third-order valence-electron chi connectivity index (χ3n) is 4.42. The molecule has 3 heteroatoms. The van der Waals surface area contributed by atoms with Crippen molar-refractivity contribution in [3.05, 3.63) is 35.9 Å². The Bertz CT molecular complexity index is 360. The highest BCUT2D eigenvalue weighted by Crippen LogP contribution is 2.25. The van der Waals surface area contributed by atoms with E-state index in [0.29, 0.717) is 24.6 Å². The number of ether oxygens (including phenoxy) is 1. The van der Waals surface area contributed by atoms with E-state index in [-0.39, 0.29) is 0 Å². The normalized spacial score (nSPS) is 21.2. The van der Waals surface area contributed by atoms with E-state index in [9.17, 15) is 0 Å². The molecule has 1 aliphatic rings. The number of methoxy groups -OCH3 is 1. The lowest BCUT2D eigenvalue weighted by atomic mass is 9.90. The molecule has 1 aromatic carbocycles. The highest BCUT2D eigenvalue weighted by atomic mass is 16.5. The Balaban J connectivity index is 2.00. The van der Waals surface area contributed by atoms with Crippen LogP contribution in [0.1, 0.15) is 31.2 Å². The van der Waals surface area contributed by atoms with Gasteiger partial charge in [0, 0.05) is 32.8 Å². The van der Waals surface area contributed by atoms with Crippen molar-refractivity contribution in [1.29, 1.82) is 0 Å². The number of hydrogen-bond donors (Lipinski definition) is 1. The van der Waals surface area contributed by atoms with Crippen molar-refractivity contribution in [2.45, 2.75) is 37.8 Å². The van der Waals surface area contributed by atoms with Gasteiger partial charge in [0.1, 0.15) is 0 Å². The molecule has 0 spiro atoms. The summed E-state index contributed by atoms with van der Waals surface area (Å²) in [7, 11) is 1.81. The molecule has 1 aromatic rings. The Morgan fingerprint density at radius 2 is 1.89 bits per heavy atom. The van der Waals surface area contributed by atoms with E-state index in [0.717, 1.165) is 25.9 Å². The van der Waals surface area contributed by atoms with Crippen molar-refractivity contribution in [3.63, 3.8) is 0 Å². The van der Waals surface area contributed by atoms with Crippen LogP contribution in [0.3, 0.4) is 0 Å². The number of benzene rings is 1. The smallest absolute Gasteiger partial charge is 0.0595 e. The van der Waals surface area contributed by atoms with E-state index >= 15 is 0 Å². The summed E-state index contributed by atoms with van der Waals surface area (Å²) in [6, 6.07) is 11.1. The highest BCUT2D eigenvalue weighted by molar-refractivity contribution is 5.20. The zero-order valence-electron chi connectivity index (χ0n) is 12.1. The summed E-state index contributed by atoms with van der Waals surface area (Å²) >= 11 is 0. The molecule has 1 fully saturated rings. The number of likely N-dealkylation sites (tertiary alicyclic amines) is 1. The van der Waals surface area contributed by atoms with Crippen molar-refractivity contribution in [2.75, 3.05) is 26.7 Å². The zero-order chi connectivity index (χ0) is 13.7. The lowest BCUT2D eigenvalue weighted by molar-refractivity contribution is 0.0249. The minimum Gasteiger partial charge on any atom is -0.381 e. The fraction of sp³-hybridized carbons (Fsp3) is 0.625. The largest absolute Gasteiger partial charge is 0.381 e. The van der Waals surface area contributed by atoms with Crippen molar-refractivity contribution >= 4 is 0 Å². The Morgan fingerprint density at radius 3 is 2.42 bits per heavy atom. The van der Waals surface area contributed by atoms with E-state index < -0.39 is 0 Å². The molecular weight excluding hydrogens is 236 g/mol. The third-order valence-corrected chi connectivity index (χ3v) is 4.42. The first-order chi connectivity index (χ1) is 9.26. The second-order valence-corrected chi connectivity index (χ2v) is 5.47. The van der Waals surface area contributed by atoms with Crippen LogP contribution in [0.25, 0.3) is 0 Å². The minimum atomic E-state index is 0.431. The van der Waals surface area contributed by atoms with Crippen LogP contribution in [-0.2, 0) is 4.74 Å². The SMILES string of the molecule is COC1CCN(C(CN)C(C)c2ccccc2)CC1. The molecule has 0 amide bonds. The predicted octanol–water partition coefficient (Wildman–Crippen LogP) is 2.23. The first kappa shape index (κ1) is 14.5. The van der Waals surface area contributed by atoms with Crippen molar-refractivity contribution in [1.82, 2.24) is 4.90 Å². The van der Waals surface area contributed by atoms with E-state index in [4.69, 9.17) is 10.5 Å². The van der Waals surface area contributed by atoms with Crippen molar-refractivity contribution in [2.24, 2.45) is 5.73 Å². The fourth-order valence-electron chi connectivity index (χ4n) is 3.09. The third kappa shape index (κ3) is 3.56. The Kier molecular flexibility index (Phi) is 5.37. The lowest BCUT2D eigenvalue weighted by Crippen LogP contribution is -2.48. The molecule has 0 aliphatic carbocycles. The molecule has 3 nitrogen and oxygen atoms in total. The molecular formula is C16H26N2O. The van der Waals surface area contributed by atoms with Gasteiger partial charge in [0.05, 0.1) is 6.10 Å². The van der Waals surface area contributed by atoms with Gasteiger partial charge in [-0.05, 0) is 24.3 Å². The second-order valence-electron chi connectivity index (χ2n) is 5.47. The molecule has 0 aromatic heterocycles. The van der Waals surface area contributed by atoms with Gasteiger partial charge >= 0.3 is 0 Å². The summed E-state index contributed by atoms with van der Waals surface area (Å²) in [6.07, 6.45) is 2.67. The molecule has 2 N–H and O–H groups in total. The molecule has 0 saturated carbocycles. The molecule has 1 heterocycles. The topological polar surface area (TPSA) is 38.5 Å². The predicted molar refractivity (Wildman–Crippen MR) is 79.3 cm³/mol. The van der Waals surface area contributed by atoms with Gasteiger partial charge in [-0.1, -0.05) is 37.3 Å². The fourth-order valence-corrected chi connectivity index (χ4v) is 3.09. The first-order valence-corrected chi connectivity index (χ1v) is 7.28. The monoisotopic (exact) mass is 262 g/mol. The maximum absolute atomic E-state index is 6.04. The van der Waals surface area contributed by atoms with Crippen molar-refractivity contribution < 1.29 is 4.74 Å². The molecule has 19 heavy (non-hydrogen) atoms. The Labute approximate surface area is 116 Å². The summed E-state index contributed by atoms with van der Waals surface area (Å²) < 4.78 is 5.44. The van der Waals surface area contributed by atoms with Gasteiger partial charge in [-0.25, -0.2) is 0 Å². The number of nitrogens with zero attached hydrogens (tertiary/aromatic N) is 1. The van der Waals surface area contributed by atoms with Crippen LogP contribution in [-0.4, -0.2) is 43.8 Å². The standard InChI is InChI=1S/C16H26N2O/c1-13(14-6-4-3-5-7-14)16(12-17)18-10-8-15(19-2)9-11-18/h3-7,13,15-16H,8-12,17H2,1-2H3. The lowest BCUT2D eigenvalue weighted by Gasteiger charge is -2.39. The van der Waals surface area contributed by atoms with E-state index in [1.54, 1.807) is 0 Å². The van der Waals surface area contributed by atoms with Gasteiger partial charge in [-0.2, -0.15) is 0 Å². The van der Waals surface area contributed by atoms with Crippen LogP contribution in [0.2, 0.25) is 0 Å². The maximum Gasteiger partial charge on any atom is 0.0595 e. The van der Waals surface area contributed by atoms with Crippen LogP contribution >= 0.6 is 0 Å².